The van der Waals surface area contributed by atoms with Gasteiger partial charge in [-0.15, -0.1) is 0 Å². The van der Waals surface area contributed by atoms with E-state index in [0.717, 1.165) is 18.6 Å². The lowest BCUT2D eigenvalue weighted by atomic mass is 9.79. The first-order valence-electron chi connectivity index (χ1n) is 4.85. The molecule has 0 aromatic heterocycles. The number of benzene rings is 1. The summed E-state index contributed by atoms with van der Waals surface area (Å²) in [5, 5.41) is 9.76. The highest BCUT2D eigenvalue weighted by Gasteiger charge is 2.37. The van der Waals surface area contributed by atoms with Crippen LogP contribution in [-0.4, -0.2) is 24.9 Å². The third kappa shape index (κ3) is 1.38. The van der Waals surface area contributed by atoms with Gasteiger partial charge in [-0.05, 0) is 12.5 Å². The molecule has 0 amide bonds. The Morgan fingerprint density at radius 2 is 2.21 bits per heavy atom. The summed E-state index contributed by atoms with van der Waals surface area (Å²) in [7, 11) is 0. The van der Waals surface area contributed by atoms with Crippen molar-refractivity contribution in [3.05, 3.63) is 29.8 Å². The van der Waals surface area contributed by atoms with E-state index < -0.39 is 0 Å². The molecule has 2 rings (SSSR count). The summed E-state index contributed by atoms with van der Waals surface area (Å²) in [6.07, 6.45) is 0.890. The number of para-hydroxylation sites is 1. The lowest BCUT2D eigenvalue weighted by Gasteiger charge is -2.26. The largest absolute Gasteiger partial charge is 0.508 e. The lowest BCUT2D eigenvalue weighted by molar-refractivity contribution is 0.177. The second-order valence-electron chi connectivity index (χ2n) is 3.80. The molecule has 1 fully saturated rings. The molecule has 1 saturated heterocycles. The second kappa shape index (κ2) is 3.59. The quantitative estimate of drug-likeness (QED) is 0.737. The van der Waals surface area contributed by atoms with E-state index in [1.54, 1.807) is 6.07 Å². The van der Waals surface area contributed by atoms with E-state index in [2.05, 4.69) is 0 Å². The minimum absolute atomic E-state index is 0.175. The molecule has 1 aromatic carbocycles. The van der Waals surface area contributed by atoms with Crippen LogP contribution < -0.4 is 5.73 Å². The van der Waals surface area contributed by atoms with Crippen molar-refractivity contribution in [3.63, 3.8) is 0 Å². The van der Waals surface area contributed by atoms with Crippen LogP contribution in [0.2, 0.25) is 0 Å². The van der Waals surface area contributed by atoms with Gasteiger partial charge in [0.05, 0.1) is 6.61 Å². The Labute approximate surface area is 83.5 Å². The molecule has 1 aliphatic rings. The molecular formula is C11H15NO2. The van der Waals surface area contributed by atoms with Crippen molar-refractivity contribution in [2.24, 2.45) is 5.73 Å². The molecule has 76 valence electrons. The van der Waals surface area contributed by atoms with Crippen LogP contribution in [-0.2, 0) is 10.2 Å². The molecule has 1 heterocycles. The second-order valence-corrected chi connectivity index (χ2v) is 3.80. The molecule has 3 nitrogen and oxygen atoms in total. The molecule has 3 N–H and O–H groups in total. The number of phenolic OH excluding ortho intramolecular Hbond substituents is 1. The van der Waals surface area contributed by atoms with E-state index in [4.69, 9.17) is 10.5 Å². The van der Waals surface area contributed by atoms with Crippen LogP contribution in [0.1, 0.15) is 12.0 Å². The highest BCUT2D eigenvalue weighted by Crippen LogP contribution is 2.36. The molecule has 1 atom stereocenters. The van der Waals surface area contributed by atoms with Gasteiger partial charge in [0, 0.05) is 24.1 Å². The molecule has 1 unspecified atom stereocenters. The summed E-state index contributed by atoms with van der Waals surface area (Å²) in [4.78, 5) is 0. The van der Waals surface area contributed by atoms with Gasteiger partial charge in [-0.3, -0.25) is 0 Å². The molecular weight excluding hydrogens is 178 g/mol. The molecule has 0 spiro atoms. The molecule has 14 heavy (non-hydrogen) atoms. The van der Waals surface area contributed by atoms with Gasteiger partial charge >= 0.3 is 0 Å². The van der Waals surface area contributed by atoms with Gasteiger partial charge in [0.2, 0.25) is 0 Å². The van der Waals surface area contributed by atoms with Crippen molar-refractivity contribution in [3.8, 4) is 5.75 Å². The van der Waals surface area contributed by atoms with Crippen molar-refractivity contribution in [2.45, 2.75) is 11.8 Å². The first kappa shape index (κ1) is 9.49. The maximum Gasteiger partial charge on any atom is 0.119 e. The molecule has 1 aliphatic heterocycles. The van der Waals surface area contributed by atoms with Crippen LogP contribution in [0.4, 0.5) is 0 Å². The molecule has 3 heteroatoms. The van der Waals surface area contributed by atoms with Gasteiger partial charge < -0.3 is 15.6 Å². The number of aromatic hydroxyl groups is 1. The molecule has 1 aromatic rings. The summed E-state index contributed by atoms with van der Waals surface area (Å²) < 4.78 is 5.37. The first-order chi connectivity index (χ1) is 6.78. The SMILES string of the molecule is NCC1(c2ccccc2O)CCOC1. The van der Waals surface area contributed by atoms with Crippen molar-refractivity contribution in [2.75, 3.05) is 19.8 Å². The van der Waals surface area contributed by atoms with Crippen LogP contribution in [0.5, 0.6) is 5.75 Å². The standard InChI is InChI=1S/C11H15NO2/c12-7-11(5-6-14-8-11)9-3-1-2-4-10(9)13/h1-4,13H,5-8,12H2. The summed E-state index contributed by atoms with van der Waals surface area (Å²) in [5.41, 5.74) is 6.52. The maximum atomic E-state index is 9.76. The Kier molecular flexibility index (Phi) is 2.44. The van der Waals surface area contributed by atoms with Crippen LogP contribution in [0.3, 0.4) is 0 Å². The number of hydrogen-bond acceptors (Lipinski definition) is 3. The molecule has 0 aliphatic carbocycles. The zero-order valence-electron chi connectivity index (χ0n) is 8.07. The predicted octanol–water partition coefficient (Wildman–Crippen LogP) is 1.01. The van der Waals surface area contributed by atoms with E-state index >= 15 is 0 Å². The van der Waals surface area contributed by atoms with Gasteiger partial charge in [-0.2, -0.15) is 0 Å². The fourth-order valence-corrected chi connectivity index (χ4v) is 2.01. The maximum absolute atomic E-state index is 9.76. The van der Waals surface area contributed by atoms with Crippen molar-refractivity contribution in [1.29, 1.82) is 0 Å². The summed E-state index contributed by atoms with van der Waals surface area (Å²) in [6.45, 7) is 1.86. The third-order valence-electron chi connectivity index (χ3n) is 2.97. The third-order valence-corrected chi connectivity index (χ3v) is 2.97. The minimum Gasteiger partial charge on any atom is -0.508 e. The Morgan fingerprint density at radius 3 is 2.79 bits per heavy atom. The van der Waals surface area contributed by atoms with Crippen LogP contribution in [0.25, 0.3) is 0 Å². The molecule has 0 bridgehead atoms. The Hall–Kier alpha value is -1.06. The van der Waals surface area contributed by atoms with Gasteiger partial charge in [0.15, 0.2) is 0 Å². The average molecular weight is 193 g/mol. The van der Waals surface area contributed by atoms with Crippen LogP contribution in [0, 0.1) is 0 Å². The molecule has 0 saturated carbocycles. The first-order valence-corrected chi connectivity index (χ1v) is 4.85. The fraction of sp³-hybridized carbons (Fsp3) is 0.455. The number of ether oxygens (including phenoxy) is 1. The number of rotatable bonds is 2. The smallest absolute Gasteiger partial charge is 0.119 e. The Morgan fingerprint density at radius 1 is 1.43 bits per heavy atom. The van der Waals surface area contributed by atoms with E-state index in [-0.39, 0.29) is 5.41 Å². The Bertz CT molecular complexity index is 319. The normalized spacial score (nSPS) is 26.6. The van der Waals surface area contributed by atoms with E-state index in [1.165, 1.54) is 0 Å². The van der Waals surface area contributed by atoms with Crippen LogP contribution in [0.15, 0.2) is 24.3 Å². The summed E-state index contributed by atoms with van der Waals surface area (Å²) in [6, 6.07) is 7.37. The molecule has 0 radical (unpaired) electrons. The van der Waals surface area contributed by atoms with Crippen LogP contribution >= 0.6 is 0 Å². The lowest BCUT2D eigenvalue weighted by Crippen LogP contribution is -2.35. The van der Waals surface area contributed by atoms with Gasteiger partial charge in [-0.1, -0.05) is 18.2 Å². The van der Waals surface area contributed by atoms with Crippen molar-refractivity contribution < 1.29 is 9.84 Å². The zero-order valence-corrected chi connectivity index (χ0v) is 8.07. The predicted molar refractivity (Wildman–Crippen MR) is 54.3 cm³/mol. The van der Waals surface area contributed by atoms with E-state index in [9.17, 15) is 5.11 Å². The van der Waals surface area contributed by atoms with Gasteiger partial charge in [0.25, 0.3) is 0 Å². The topological polar surface area (TPSA) is 55.5 Å². The zero-order chi connectivity index (χ0) is 10.0. The number of nitrogens with two attached hydrogens (primary N) is 1. The van der Waals surface area contributed by atoms with Crippen molar-refractivity contribution in [1.82, 2.24) is 0 Å². The van der Waals surface area contributed by atoms with Gasteiger partial charge in [-0.25, -0.2) is 0 Å². The minimum atomic E-state index is -0.175. The summed E-state index contributed by atoms with van der Waals surface area (Å²) >= 11 is 0. The van der Waals surface area contributed by atoms with E-state index in [0.29, 0.717) is 18.9 Å². The number of phenols is 1. The Balaban J connectivity index is 2.41. The highest BCUT2D eigenvalue weighted by molar-refractivity contribution is 5.39. The highest BCUT2D eigenvalue weighted by atomic mass is 16.5. The monoisotopic (exact) mass is 193 g/mol. The van der Waals surface area contributed by atoms with E-state index in [1.807, 2.05) is 18.2 Å². The van der Waals surface area contributed by atoms with Gasteiger partial charge in [0.1, 0.15) is 5.75 Å². The fourth-order valence-electron chi connectivity index (χ4n) is 2.01. The summed E-state index contributed by atoms with van der Waals surface area (Å²) in [5.74, 6) is 0.323. The van der Waals surface area contributed by atoms with Crippen molar-refractivity contribution >= 4 is 0 Å². The average Bonchev–Trinajstić information content (AvgIpc) is 2.68. The number of hydrogen-bond donors (Lipinski definition) is 2.